The molecule has 1 saturated carbocycles. The summed E-state index contributed by atoms with van der Waals surface area (Å²) in [5.74, 6) is -0.929. The summed E-state index contributed by atoms with van der Waals surface area (Å²) >= 11 is 0. The molecule has 1 aliphatic carbocycles. The lowest BCUT2D eigenvalue weighted by Gasteiger charge is -2.03. The van der Waals surface area contributed by atoms with Crippen molar-refractivity contribution < 1.29 is 13.6 Å². The third-order valence-corrected chi connectivity index (χ3v) is 2.52. The van der Waals surface area contributed by atoms with Crippen LogP contribution >= 0.6 is 0 Å². The Balaban J connectivity index is 1.90. The summed E-state index contributed by atoms with van der Waals surface area (Å²) in [6.45, 7) is 0. The predicted molar refractivity (Wildman–Crippen MR) is 51.8 cm³/mol. The molecule has 4 heteroatoms. The molecule has 0 bridgehead atoms. The fourth-order valence-corrected chi connectivity index (χ4v) is 1.50. The zero-order chi connectivity index (χ0) is 10.8. The van der Waals surface area contributed by atoms with Gasteiger partial charge in [0.25, 0.3) is 5.91 Å². The molecule has 2 rings (SSSR count). The van der Waals surface area contributed by atoms with Gasteiger partial charge in [-0.15, -0.1) is 0 Å². The van der Waals surface area contributed by atoms with Crippen molar-refractivity contribution in [1.29, 1.82) is 0 Å². The lowest BCUT2D eigenvalue weighted by molar-refractivity contribution is 0.0926. The van der Waals surface area contributed by atoms with E-state index < -0.39 is 12.3 Å². The van der Waals surface area contributed by atoms with Gasteiger partial charge in [-0.2, -0.15) is 0 Å². The molecular weight excluding hydrogens is 200 g/mol. The van der Waals surface area contributed by atoms with Crippen molar-refractivity contribution in [2.45, 2.75) is 18.9 Å². The van der Waals surface area contributed by atoms with E-state index in [1.807, 2.05) is 0 Å². The molecule has 2 nitrogen and oxygen atoms in total. The van der Waals surface area contributed by atoms with Gasteiger partial charge in [0.15, 0.2) is 0 Å². The molecule has 0 heterocycles. The van der Waals surface area contributed by atoms with Gasteiger partial charge in [-0.05, 0) is 18.6 Å². The Bertz CT molecular complexity index is 353. The van der Waals surface area contributed by atoms with E-state index in [0.717, 1.165) is 0 Å². The van der Waals surface area contributed by atoms with Crippen LogP contribution < -0.4 is 5.32 Å². The lowest BCUT2D eigenvalue weighted by atomic mass is 10.2. The molecule has 1 fully saturated rings. The van der Waals surface area contributed by atoms with Crippen molar-refractivity contribution in [3.63, 3.8) is 0 Å². The van der Waals surface area contributed by atoms with Crippen LogP contribution in [0.2, 0.25) is 0 Å². The first-order valence-electron chi connectivity index (χ1n) is 4.82. The van der Waals surface area contributed by atoms with Crippen LogP contribution in [0.3, 0.4) is 0 Å². The van der Waals surface area contributed by atoms with Crippen LogP contribution in [0, 0.1) is 5.92 Å². The van der Waals surface area contributed by atoms with Gasteiger partial charge in [-0.3, -0.25) is 4.79 Å². The minimum Gasteiger partial charge on any atom is -0.349 e. The van der Waals surface area contributed by atoms with E-state index in [4.69, 9.17) is 0 Å². The minimum atomic E-state index is -2.33. The van der Waals surface area contributed by atoms with Gasteiger partial charge < -0.3 is 5.32 Å². The minimum absolute atomic E-state index is 0.274. The van der Waals surface area contributed by atoms with E-state index in [9.17, 15) is 13.6 Å². The zero-order valence-electron chi connectivity index (χ0n) is 7.99. The molecule has 0 spiro atoms. The van der Waals surface area contributed by atoms with Crippen LogP contribution in [0.15, 0.2) is 30.3 Å². The van der Waals surface area contributed by atoms with Crippen LogP contribution in [0.25, 0.3) is 0 Å². The van der Waals surface area contributed by atoms with Crippen molar-refractivity contribution in [3.8, 4) is 0 Å². The van der Waals surface area contributed by atoms with Crippen LogP contribution in [0.5, 0.6) is 0 Å². The second-order valence-electron chi connectivity index (χ2n) is 3.68. The molecule has 2 atom stereocenters. The number of benzene rings is 1. The topological polar surface area (TPSA) is 29.1 Å². The summed E-state index contributed by atoms with van der Waals surface area (Å²) in [5, 5.41) is 2.58. The molecule has 1 amide bonds. The molecule has 1 aromatic rings. The Morgan fingerprint density at radius 3 is 2.53 bits per heavy atom. The summed E-state index contributed by atoms with van der Waals surface area (Å²) in [5.41, 5.74) is 0.511. The first-order chi connectivity index (χ1) is 7.18. The highest BCUT2D eigenvalue weighted by Gasteiger charge is 2.45. The average molecular weight is 211 g/mol. The molecule has 0 unspecified atom stereocenters. The molecule has 0 radical (unpaired) electrons. The molecule has 0 aliphatic heterocycles. The molecule has 1 aliphatic rings. The monoisotopic (exact) mass is 211 g/mol. The number of carbonyl (C=O) groups is 1. The molecule has 1 aromatic carbocycles. The molecule has 0 saturated heterocycles. The molecule has 80 valence electrons. The maximum Gasteiger partial charge on any atom is 0.251 e. The molecule has 1 N–H and O–H groups in total. The molecule has 0 aromatic heterocycles. The Morgan fingerprint density at radius 2 is 2.00 bits per heavy atom. The Hall–Kier alpha value is -1.45. The Morgan fingerprint density at radius 1 is 1.33 bits per heavy atom. The summed E-state index contributed by atoms with van der Waals surface area (Å²) in [4.78, 5) is 11.5. The summed E-state index contributed by atoms with van der Waals surface area (Å²) < 4.78 is 24.3. The Kier molecular flexibility index (Phi) is 2.66. The van der Waals surface area contributed by atoms with Crippen molar-refractivity contribution in [3.05, 3.63) is 35.9 Å². The molecular formula is C11H11F2NO. The van der Waals surface area contributed by atoms with Crippen LogP contribution in [0.4, 0.5) is 8.78 Å². The Labute approximate surface area is 86.3 Å². The zero-order valence-corrected chi connectivity index (χ0v) is 7.99. The van der Waals surface area contributed by atoms with Gasteiger partial charge in [0, 0.05) is 17.5 Å². The molecule has 15 heavy (non-hydrogen) atoms. The van der Waals surface area contributed by atoms with Crippen molar-refractivity contribution >= 4 is 5.91 Å². The van der Waals surface area contributed by atoms with E-state index in [1.54, 1.807) is 30.3 Å². The largest absolute Gasteiger partial charge is 0.349 e. The number of hydrogen-bond acceptors (Lipinski definition) is 1. The summed E-state index contributed by atoms with van der Waals surface area (Å²) in [6, 6.07) is 8.26. The summed E-state index contributed by atoms with van der Waals surface area (Å²) in [7, 11) is 0. The number of amides is 1. The number of halogens is 2. The van der Waals surface area contributed by atoms with Crippen molar-refractivity contribution in [1.82, 2.24) is 5.32 Å². The van der Waals surface area contributed by atoms with E-state index in [2.05, 4.69) is 5.32 Å². The predicted octanol–water partition coefficient (Wildman–Crippen LogP) is 2.07. The van der Waals surface area contributed by atoms with Gasteiger partial charge in [-0.25, -0.2) is 8.78 Å². The third-order valence-electron chi connectivity index (χ3n) is 2.52. The van der Waals surface area contributed by atoms with Crippen LogP contribution in [-0.4, -0.2) is 18.4 Å². The number of nitrogens with one attached hydrogen (secondary N) is 1. The fraction of sp³-hybridized carbons (Fsp3) is 0.364. The second kappa shape index (κ2) is 3.96. The van der Waals surface area contributed by atoms with Crippen molar-refractivity contribution in [2.75, 3.05) is 0 Å². The van der Waals surface area contributed by atoms with Crippen LogP contribution in [0.1, 0.15) is 16.8 Å². The number of alkyl halides is 2. The number of rotatable bonds is 3. The maximum atomic E-state index is 12.2. The third kappa shape index (κ3) is 2.32. The number of hydrogen-bond donors (Lipinski definition) is 1. The highest BCUT2D eigenvalue weighted by atomic mass is 19.3. The van der Waals surface area contributed by atoms with Gasteiger partial charge in [0.1, 0.15) is 0 Å². The van der Waals surface area contributed by atoms with E-state index in [1.165, 1.54) is 0 Å². The SMILES string of the molecule is O=C(N[C@H]1C[C@@H]1C(F)F)c1ccccc1. The smallest absolute Gasteiger partial charge is 0.251 e. The van der Waals surface area contributed by atoms with Crippen LogP contribution in [-0.2, 0) is 0 Å². The quantitative estimate of drug-likeness (QED) is 0.814. The maximum absolute atomic E-state index is 12.2. The fourth-order valence-electron chi connectivity index (χ4n) is 1.50. The highest BCUT2D eigenvalue weighted by molar-refractivity contribution is 5.94. The van der Waals surface area contributed by atoms with Gasteiger partial charge in [0.05, 0.1) is 0 Å². The van der Waals surface area contributed by atoms with Gasteiger partial charge in [0.2, 0.25) is 6.43 Å². The second-order valence-corrected chi connectivity index (χ2v) is 3.68. The van der Waals surface area contributed by atoms with E-state index >= 15 is 0 Å². The van der Waals surface area contributed by atoms with Gasteiger partial charge in [-0.1, -0.05) is 18.2 Å². The van der Waals surface area contributed by atoms with Crippen molar-refractivity contribution in [2.24, 2.45) is 5.92 Å². The standard InChI is InChI=1S/C11H11F2NO/c12-10(13)8-6-9(8)14-11(15)7-4-2-1-3-5-7/h1-5,8-10H,6H2,(H,14,15)/t8-,9-/m0/s1. The van der Waals surface area contributed by atoms with Gasteiger partial charge >= 0.3 is 0 Å². The first-order valence-corrected chi connectivity index (χ1v) is 4.82. The lowest BCUT2D eigenvalue weighted by Crippen LogP contribution is -2.27. The first kappa shape index (κ1) is 10.1. The van der Waals surface area contributed by atoms with E-state index in [-0.39, 0.29) is 11.9 Å². The highest BCUT2D eigenvalue weighted by Crippen LogP contribution is 2.36. The average Bonchev–Trinajstić information content (AvgIpc) is 2.98. The number of carbonyl (C=O) groups excluding carboxylic acids is 1. The normalized spacial score (nSPS) is 23.9. The summed E-state index contributed by atoms with van der Waals surface area (Å²) in [6.07, 6.45) is -1.94. The van der Waals surface area contributed by atoms with E-state index in [0.29, 0.717) is 12.0 Å².